The van der Waals surface area contributed by atoms with E-state index in [-0.39, 0.29) is 6.42 Å². The van der Waals surface area contributed by atoms with E-state index in [0.717, 1.165) is 0 Å². The van der Waals surface area contributed by atoms with Gasteiger partial charge in [-0.15, -0.1) is 0 Å². The van der Waals surface area contributed by atoms with Gasteiger partial charge in [-0.2, -0.15) is 0 Å². The zero-order valence-corrected chi connectivity index (χ0v) is 21.3. The number of alkyl carbamates (subject to hydrolysis) is 1. The molecule has 0 heterocycles. The molecule has 190 valence electrons. The van der Waals surface area contributed by atoms with Crippen molar-refractivity contribution in [3.63, 3.8) is 0 Å². The molecule has 0 fully saturated rings. The summed E-state index contributed by atoms with van der Waals surface area (Å²) < 4.78 is 23.6. The lowest BCUT2D eigenvalue weighted by atomic mass is 10.1. The molecule has 0 bridgehead atoms. The number of amides is 2. The Hall–Kier alpha value is -3.16. The van der Waals surface area contributed by atoms with Crippen molar-refractivity contribution in [2.45, 2.75) is 45.0 Å². The summed E-state index contributed by atoms with van der Waals surface area (Å²) in [7, 11) is -3.07. The van der Waals surface area contributed by atoms with Crippen LogP contribution in [0.4, 0.5) is 10.5 Å². The standard InChI is InChI=1S/C25H33N2O7P/c1-25(2,3)34-24(30)27-21(15-18-11-7-5-8-12-18)35(31,32)17-19(16-22(28)33-4)23(29)26-20-13-9-6-10-14-20/h5-14,19,21H,15-17H2,1-4H3,(H,26,29)(H,27,30)(H,31,32). The minimum absolute atomic E-state index is 0.0269. The molecule has 0 aliphatic heterocycles. The molecule has 0 saturated carbocycles. The average Bonchev–Trinajstić information content (AvgIpc) is 2.78. The first-order valence-corrected chi connectivity index (χ1v) is 13.1. The molecule has 0 saturated heterocycles. The van der Waals surface area contributed by atoms with Crippen LogP contribution >= 0.6 is 7.37 Å². The highest BCUT2D eigenvalue weighted by atomic mass is 31.2. The first-order chi connectivity index (χ1) is 16.4. The number of hydrogen-bond donors (Lipinski definition) is 3. The zero-order valence-electron chi connectivity index (χ0n) is 20.4. The van der Waals surface area contributed by atoms with E-state index in [1.165, 1.54) is 7.11 Å². The number of carbonyl (C=O) groups is 3. The highest BCUT2D eigenvalue weighted by Gasteiger charge is 2.39. The van der Waals surface area contributed by atoms with Gasteiger partial charge in [-0.05, 0) is 38.5 Å². The van der Waals surface area contributed by atoms with E-state index in [0.29, 0.717) is 11.3 Å². The molecular formula is C25H33N2O7P. The van der Waals surface area contributed by atoms with Crippen LogP contribution in [0.2, 0.25) is 0 Å². The SMILES string of the molecule is COC(=O)CC(CP(=O)(O)C(Cc1ccccc1)NC(=O)OC(C)(C)C)C(=O)Nc1ccccc1. The second kappa shape index (κ2) is 12.5. The molecule has 35 heavy (non-hydrogen) atoms. The summed E-state index contributed by atoms with van der Waals surface area (Å²) in [5.74, 6) is -3.72. The first-order valence-electron chi connectivity index (χ1n) is 11.2. The molecule has 0 aliphatic rings. The Morgan fingerprint density at radius 1 is 1.00 bits per heavy atom. The number of hydrogen-bond acceptors (Lipinski definition) is 6. The van der Waals surface area contributed by atoms with Gasteiger partial charge in [0.15, 0.2) is 0 Å². The second-order valence-corrected chi connectivity index (χ2v) is 11.6. The number of para-hydroxylation sites is 1. The maximum absolute atomic E-state index is 13.6. The average molecular weight is 505 g/mol. The fourth-order valence-electron chi connectivity index (χ4n) is 3.31. The molecule has 2 aromatic carbocycles. The van der Waals surface area contributed by atoms with Gasteiger partial charge in [0, 0.05) is 18.3 Å². The van der Waals surface area contributed by atoms with Crippen LogP contribution in [0.15, 0.2) is 60.7 Å². The van der Waals surface area contributed by atoms with Gasteiger partial charge >= 0.3 is 12.1 Å². The van der Waals surface area contributed by atoms with E-state index in [2.05, 4.69) is 10.6 Å². The Bertz CT molecular complexity index is 1040. The fraction of sp³-hybridized carbons (Fsp3) is 0.400. The van der Waals surface area contributed by atoms with Crippen LogP contribution in [-0.2, 0) is 30.0 Å². The monoisotopic (exact) mass is 504 g/mol. The summed E-state index contributed by atoms with van der Waals surface area (Å²) in [6.07, 6.45) is -1.77. The Morgan fingerprint density at radius 3 is 2.11 bits per heavy atom. The Balaban J connectivity index is 2.29. The highest BCUT2D eigenvalue weighted by molar-refractivity contribution is 7.58. The lowest BCUT2D eigenvalue weighted by Crippen LogP contribution is -2.41. The zero-order chi connectivity index (χ0) is 26.1. The van der Waals surface area contributed by atoms with Gasteiger partial charge in [0.2, 0.25) is 13.3 Å². The van der Waals surface area contributed by atoms with Crippen LogP contribution in [-0.4, -0.2) is 47.5 Å². The Kier molecular flexibility index (Phi) is 10.0. The van der Waals surface area contributed by atoms with Crippen LogP contribution in [0.1, 0.15) is 32.8 Å². The van der Waals surface area contributed by atoms with Crippen molar-refractivity contribution in [3.8, 4) is 0 Å². The molecule has 2 aromatic rings. The number of ether oxygens (including phenoxy) is 2. The number of carbonyl (C=O) groups excluding carboxylic acids is 3. The quantitative estimate of drug-likeness (QED) is 0.327. The van der Waals surface area contributed by atoms with E-state index in [4.69, 9.17) is 9.47 Å². The molecule has 2 amide bonds. The number of methoxy groups -OCH3 is 1. The number of anilines is 1. The maximum atomic E-state index is 13.6. The molecule has 9 nitrogen and oxygen atoms in total. The molecule has 10 heteroatoms. The third kappa shape index (κ3) is 9.92. The lowest BCUT2D eigenvalue weighted by Gasteiger charge is -2.28. The molecule has 3 N–H and O–H groups in total. The van der Waals surface area contributed by atoms with Crippen molar-refractivity contribution in [2.75, 3.05) is 18.6 Å². The predicted molar refractivity (Wildman–Crippen MR) is 133 cm³/mol. The summed E-state index contributed by atoms with van der Waals surface area (Å²) >= 11 is 0. The topological polar surface area (TPSA) is 131 Å². The van der Waals surface area contributed by atoms with E-state index in [1.807, 2.05) is 0 Å². The molecule has 2 rings (SSSR count). The third-order valence-corrected chi connectivity index (χ3v) is 7.23. The fourth-order valence-corrected chi connectivity index (χ4v) is 5.29. The minimum atomic E-state index is -4.25. The summed E-state index contributed by atoms with van der Waals surface area (Å²) in [5.41, 5.74) is 0.373. The van der Waals surface area contributed by atoms with Crippen molar-refractivity contribution in [3.05, 3.63) is 66.2 Å². The van der Waals surface area contributed by atoms with Gasteiger partial charge in [0.05, 0.1) is 19.4 Å². The predicted octanol–water partition coefficient (Wildman–Crippen LogP) is 4.17. The summed E-state index contributed by atoms with van der Waals surface area (Å²) in [4.78, 5) is 48.5. The molecule has 0 aliphatic carbocycles. The van der Waals surface area contributed by atoms with Gasteiger partial charge in [-0.3, -0.25) is 14.2 Å². The van der Waals surface area contributed by atoms with Crippen LogP contribution in [0.25, 0.3) is 0 Å². The Labute approximate surface area is 205 Å². The minimum Gasteiger partial charge on any atom is -0.469 e. The first kappa shape index (κ1) is 28.1. The number of nitrogens with one attached hydrogen (secondary N) is 2. The molecule has 0 spiro atoms. The number of rotatable bonds is 10. The van der Waals surface area contributed by atoms with Gasteiger partial charge in [0.1, 0.15) is 11.4 Å². The smallest absolute Gasteiger partial charge is 0.408 e. The summed E-state index contributed by atoms with van der Waals surface area (Å²) in [6, 6.07) is 17.4. The van der Waals surface area contributed by atoms with Crippen molar-refractivity contribution in [1.29, 1.82) is 0 Å². The molecule has 3 atom stereocenters. The summed E-state index contributed by atoms with van der Waals surface area (Å²) in [6.45, 7) is 5.03. The molecule has 0 radical (unpaired) electrons. The van der Waals surface area contributed by atoms with Crippen LogP contribution in [0.3, 0.4) is 0 Å². The Morgan fingerprint density at radius 2 is 1.57 bits per heavy atom. The van der Waals surface area contributed by atoms with Crippen molar-refractivity contribution in [2.24, 2.45) is 5.92 Å². The van der Waals surface area contributed by atoms with Gasteiger partial charge in [-0.1, -0.05) is 48.5 Å². The highest BCUT2D eigenvalue weighted by Crippen LogP contribution is 2.48. The van der Waals surface area contributed by atoms with Gasteiger partial charge in [0.25, 0.3) is 0 Å². The van der Waals surface area contributed by atoms with E-state index >= 15 is 0 Å². The summed E-state index contributed by atoms with van der Waals surface area (Å²) in [5, 5.41) is 5.17. The van der Waals surface area contributed by atoms with Crippen LogP contribution in [0.5, 0.6) is 0 Å². The largest absolute Gasteiger partial charge is 0.469 e. The lowest BCUT2D eigenvalue weighted by molar-refractivity contribution is -0.143. The van der Waals surface area contributed by atoms with Crippen LogP contribution in [0, 0.1) is 5.92 Å². The number of benzene rings is 2. The maximum Gasteiger partial charge on any atom is 0.408 e. The normalized spacial score (nSPS) is 14.7. The van der Waals surface area contributed by atoms with E-state index < -0.39 is 55.2 Å². The van der Waals surface area contributed by atoms with Gasteiger partial charge < -0.3 is 25.0 Å². The van der Waals surface area contributed by atoms with Crippen molar-refractivity contribution >= 4 is 31.0 Å². The molecule has 3 unspecified atom stereocenters. The van der Waals surface area contributed by atoms with Gasteiger partial charge in [-0.25, -0.2) is 4.79 Å². The van der Waals surface area contributed by atoms with Crippen molar-refractivity contribution < 1.29 is 33.3 Å². The number of esters is 1. The van der Waals surface area contributed by atoms with Crippen molar-refractivity contribution in [1.82, 2.24) is 5.32 Å². The van der Waals surface area contributed by atoms with E-state index in [1.54, 1.807) is 81.4 Å². The molecular weight excluding hydrogens is 471 g/mol. The molecule has 0 aromatic heterocycles. The second-order valence-electron chi connectivity index (χ2n) is 9.12. The third-order valence-electron chi connectivity index (χ3n) is 4.98. The van der Waals surface area contributed by atoms with Crippen LogP contribution < -0.4 is 10.6 Å². The van der Waals surface area contributed by atoms with E-state index in [9.17, 15) is 23.8 Å².